The zero-order valence-corrected chi connectivity index (χ0v) is 12.7. The van der Waals surface area contributed by atoms with Gasteiger partial charge < -0.3 is 9.73 Å². The SMILES string of the molecule is CN(C)S(=O)(=O)c1ccc(CNCc2ccc(F)cc2)o1. The van der Waals surface area contributed by atoms with E-state index in [4.69, 9.17) is 4.42 Å². The van der Waals surface area contributed by atoms with Crippen molar-refractivity contribution in [2.45, 2.75) is 18.2 Å². The fraction of sp³-hybridized carbons (Fsp3) is 0.286. The van der Waals surface area contributed by atoms with Crippen molar-refractivity contribution in [3.63, 3.8) is 0 Å². The summed E-state index contributed by atoms with van der Waals surface area (Å²) < 4.78 is 42.9. The van der Waals surface area contributed by atoms with Gasteiger partial charge in [-0.15, -0.1) is 0 Å². The molecule has 0 unspecified atom stereocenters. The fourth-order valence-electron chi connectivity index (χ4n) is 1.70. The van der Waals surface area contributed by atoms with Crippen LogP contribution in [0, 0.1) is 5.82 Å². The van der Waals surface area contributed by atoms with E-state index in [1.165, 1.54) is 32.3 Å². The monoisotopic (exact) mass is 312 g/mol. The van der Waals surface area contributed by atoms with Crippen molar-refractivity contribution < 1.29 is 17.2 Å². The van der Waals surface area contributed by atoms with Gasteiger partial charge in [-0.25, -0.2) is 17.1 Å². The lowest BCUT2D eigenvalue weighted by Gasteiger charge is -2.08. The van der Waals surface area contributed by atoms with Gasteiger partial charge in [0.25, 0.3) is 10.0 Å². The molecule has 0 saturated carbocycles. The van der Waals surface area contributed by atoms with Crippen LogP contribution in [0.5, 0.6) is 0 Å². The standard InChI is InChI=1S/C14H17FN2O3S/c1-17(2)21(18,19)14-8-7-13(20-14)10-16-9-11-3-5-12(15)6-4-11/h3-8,16H,9-10H2,1-2H3. The molecule has 7 heteroatoms. The molecule has 0 fully saturated rings. The molecule has 2 aromatic rings. The highest BCUT2D eigenvalue weighted by Gasteiger charge is 2.21. The predicted octanol–water partition coefficient (Wildman–Crippen LogP) is 1.96. The summed E-state index contributed by atoms with van der Waals surface area (Å²) in [4.78, 5) is 0. The molecule has 0 atom stereocenters. The summed E-state index contributed by atoms with van der Waals surface area (Å²) in [7, 11) is -0.643. The van der Waals surface area contributed by atoms with Crippen LogP contribution in [-0.4, -0.2) is 26.8 Å². The van der Waals surface area contributed by atoms with Crippen molar-refractivity contribution in [3.05, 3.63) is 53.5 Å². The minimum absolute atomic E-state index is 0.0777. The Kier molecular flexibility index (Phi) is 4.76. The van der Waals surface area contributed by atoms with Crippen LogP contribution >= 0.6 is 0 Å². The minimum atomic E-state index is -3.54. The largest absolute Gasteiger partial charge is 0.447 e. The molecule has 0 saturated heterocycles. The molecule has 5 nitrogen and oxygen atoms in total. The molecular formula is C14H17FN2O3S. The van der Waals surface area contributed by atoms with E-state index in [1.54, 1.807) is 18.2 Å². The van der Waals surface area contributed by atoms with Crippen molar-refractivity contribution in [2.24, 2.45) is 0 Å². The second-order valence-corrected chi connectivity index (χ2v) is 6.82. The Morgan fingerprint density at radius 1 is 1.10 bits per heavy atom. The van der Waals surface area contributed by atoms with Gasteiger partial charge in [0.2, 0.25) is 5.09 Å². The Bertz CT molecular complexity index is 693. The predicted molar refractivity (Wildman–Crippen MR) is 76.5 cm³/mol. The maximum absolute atomic E-state index is 12.8. The maximum Gasteiger partial charge on any atom is 0.275 e. The van der Waals surface area contributed by atoms with E-state index in [9.17, 15) is 12.8 Å². The summed E-state index contributed by atoms with van der Waals surface area (Å²) >= 11 is 0. The lowest BCUT2D eigenvalue weighted by molar-refractivity contribution is 0.389. The van der Waals surface area contributed by atoms with Crippen LogP contribution < -0.4 is 5.32 Å². The molecule has 1 N–H and O–H groups in total. The zero-order chi connectivity index (χ0) is 15.5. The van der Waals surface area contributed by atoms with Gasteiger partial charge in [0.15, 0.2) is 0 Å². The Morgan fingerprint density at radius 3 is 2.38 bits per heavy atom. The Labute approximate surface area is 123 Å². The van der Waals surface area contributed by atoms with Crippen molar-refractivity contribution in [1.82, 2.24) is 9.62 Å². The summed E-state index contributed by atoms with van der Waals surface area (Å²) in [5.41, 5.74) is 0.934. The average Bonchev–Trinajstić information content (AvgIpc) is 2.90. The number of hydrogen-bond acceptors (Lipinski definition) is 4. The highest BCUT2D eigenvalue weighted by Crippen LogP contribution is 2.16. The van der Waals surface area contributed by atoms with Crippen LogP contribution in [0.1, 0.15) is 11.3 Å². The molecule has 0 radical (unpaired) electrons. The third kappa shape index (κ3) is 3.90. The molecule has 114 valence electrons. The highest BCUT2D eigenvalue weighted by atomic mass is 32.2. The van der Waals surface area contributed by atoms with Gasteiger partial charge in [-0.1, -0.05) is 12.1 Å². The number of furan rings is 1. The molecule has 21 heavy (non-hydrogen) atoms. The van der Waals surface area contributed by atoms with E-state index in [0.29, 0.717) is 18.8 Å². The molecule has 1 heterocycles. The van der Waals surface area contributed by atoms with Gasteiger partial charge in [0, 0.05) is 20.6 Å². The maximum atomic E-state index is 12.8. The second-order valence-electron chi connectivity index (χ2n) is 4.74. The first-order valence-electron chi connectivity index (χ1n) is 6.36. The van der Waals surface area contributed by atoms with Crippen LogP contribution in [-0.2, 0) is 23.1 Å². The highest BCUT2D eigenvalue weighted by molar-refractivity contribution is 7.88. The molecule has 1 aromatic heterocycles. The number of benzene rings is 1. The van der Waals surface area contributed by atoms with Gasteiger partial charge in [0.1, 0.15) is 11.6 Å². The third-order valence-electron chi connectivity index (χ3n) is 2.91. The van der Waals surface area contributed by atoms with E-state index in [2.05, 4.69) is 5.32 Å². The number of nitrogens with one attached hydrogen (secondary N) is 1. The van der Waals surface area contributed by atoms with Gasteiger partial charge in [0.05, 0.1) is 6.54 Å². The number of halogens is 1. The fourth-order valence-corrected chi connectivity index (χ4v) is 2.52. The average molecular weight is 312 g/mol. The number of rotatable bonds is 6. The Balaban J connectivity index is 1.93. The van der Waals surface area contributed by atoms with Gasteiger partial charge in [-0.05, 0) is 29.8 Å². The number of hydrogen-bond donors (Lipinski definition) is 1. The first-order valence-corrected chi connectivity index (χ1v) is 7.80. The summed E-state index contributed by atoms with van der Waals surface area (Å²) in [6, 6.07) is 9.22. The summed E-state index contributed by atoms with van der Waals surface area (Å²) in [6.07, 6.45) is 0. The van der Waals surface area contributed by atoms with E-state index in [0.717, 1.165) is 9.87 Å². The minimum Gasteiger partial charge on any atom is -0.447 e. The molecule has 1 aromatic carbocycles. The summed E-state index contributed by atoms with van der Waals surface area (Å²) in [5.74, 6) is 0.251. The van der Waals surface area contributed by atoms with Crippen LogP contribution in [0.2, 0.25) is 0 Å². The third-order valence-corrected chi connectivity index (χ3v) is 4.60. The van der Waals surface area contributed by atoms with Crippen molar-refractivity contribution >= 4 is 10.0 Å². The molecule has 0 bridgehead atoms. The zero-order valence-electron chi connectivity index (χ0n) is 11.8. The summed E-state index contributed by atoms with van der Waals surface area (Å²) in [6.45, 7) is 0.928. The quantitative estimate of drug-likeness (QED) is 0.886. The number of nitrogens with zero attached hydrogens (tertiary/aromatic N) is 1. The molecule has 2 rings (SSSR count). The Morgan fingerprint density at radius 2 is 1.76 bits per heavy atom. The van der Waals surface area contributed by atoms with Crippen LogP contribution in [0.15, 0.2) is 45.9 Å². The molecule has 0 aliphatic rings. The van der Waals surface area contributed by atoms with Crippen molar-refractivity contribution in [2.75, 3.05) is 14.1 Å². The Hall–Kier alpha value is -1.70. The normalized spacial score (nSPS) is 12.0. The van der Waals surface area contributed by atoms with Gasteiger partial charge in [-0.2, -0.15) is 0 Å². The van der Waals surface area contributed by atoms with E-state index in [-0.39, 0.29) is 10.9 Å². The molecule has 0 aliphatic carbocycles. The lowest BCUT2D eigenvalue weighted by Crippen LogP contribution is -2.21. The molecular weight excluding hydrogens is 295 g/mol. The second kappa shape index (κ2) is 6.38. The number of sulfonamides is 1. The topological polar surface area (TPSA) is 62.6 Å². The molecule has 0 spiro atoms. The van der Waals surface area contributed by atoms with Gasteiger partial charge in [-0.3, -0.25) is 0 Å². The van der Waals surface area contributed by atoms with Crippen LogP contribution in [0.25, 0.3) is 0 Å². The molecule has 0 amide bonds. The molecule has 0 aliphatic heterocycles. The summed E-state index contributed by atoms with van der Waals surface area (Å²) in [5, 5.41) is 3.03. The van der Waals surface area contributed by atoms with Crippen LogP contribution in [0.3, 0.4) is 0 Å². The smallest absolute Gasteiger partial charge is 0.275 e. The lowest BCUT2D eigenvalue weighted by atomic mass is 10.2. The van der Waals surface area contributed by atoms with Gasteiger partial charge >= 0.3 is 0 Å². The van der Waals surface area contributed by atoms with Crippen LogP contribution in [0.4, 0.5) is 4.39 Å². The van der Waals surface area contributed by atoms with E-state index >= 15 is 0 Å². The first kappa shape index (κ1) is 15.7. The van der Waals surface area contributed by atoms with Crippen molar-refractivity contribution in [1.29, 1.82) is 0 Å². The van der Waals surface area contributed by atoms with E-state index in [1.807, 2.05) is 0 Å². The van der Waals surface area contributed by atoms with E-state index < -0.39 is 10.0 Å². The first-order chi connectivity index (χ1) is 9.89. The van der Waals surface area contributed by atoms with Crippen molar-refractivity contribution in [3.8, 4) is 0 Å².